The second kappa shape index (κ2) is 12.1. The highest BCUT2D eigenvalue weighted by Crippen LogP contribution is 2.23. The Morgan fingerprint density at radius 2 is 1.71 bits per heavy atom. The highest BCUT2D eigenvalue weighted by molar-refractivity contribution is 8.00. The molecule has 3 rings (SSSR count). The summed E-state index contributed by atoms with van der Waals surface area (Å²) in [7, 11) is 1.30. The molecule has 178 valence electrons. The fourth-order valence-electron chi connectivity index (χ4n) is 2.94. The first kappa shape index (κ1) is 25.2. The van der Waals surface area contributed by atoms with Gasteiger partial charge in [-0.1, -0.05) is 36.4 Å². The highest BCUT2D eigenvalue weighted by atomic mass is 32.2. The molecule has 2 N–H and O–H groups in total. The number of anilines is 1. The van der Waals surface area contributed by atoms with Gasteiger partial charge in [0.2, 0.25) is 0 Å². The van der Waals surface area contributed by atoms with Gasteiger partial charge in [-0.25, -0.2) is 0 Å². The summed E-state index contributed by atoms with van der Waals surface area (Å²) in [6, 6.07) is 20.9. The van der Waals surface area contributed by atoms with Crippen LogP contribution in [0, 0.1) is 10.1 Å². The van der Waals surface area contributed by atoms with Crippen molar-refractivity contribution >= 4 is 47.0 Å². The van der Waals surface area contributed by atoms with E-state index in [1.165, 1.54) is 43.1 Å². The summed E-state index contributed by atoms with van der Waals surface area (Å²) < 4.78 is 4.63. The van der Waals surface area contributed by atoms with Crippen LogP contribution in [-0.2, 0) is 14.3 Å². The van der Waals surface area contributed by atoms with E-state index < -0.39 is 16.7 Å². The Morgan fingerprint density at radius 1 is 1.00 bits per heavy atom. The maximum atomic E-state index is 13.1. The number of benzene rings is 3. The van der Waals surface area contributed by atoms with Crippen molar-refractivity contribution in [2.24, 2.45) is 0 Å². The number of nitro benzene ring substituents is 1. The molecule has 0 saturated carbocycles. The van der Waals surface area contributed by atoms with Crippen LogP contribution in [0.15, 0.2) is 89.5 Å². The van der Waals surface area contributed by atoms with E-state index >= 15 is 0 Å². The number of hydrogen-bond acceptors (Lipinski definition) is 7. The summed E-state index contributed by atoms with van der Waals surface area (Å²) in [5, 5.41) is 16.7. The first-order chi connectivity index (χ1) is 16.9. The average molecular weight is 492 g/mol. The molecule has 0 bridgehead atoms. The first-order valence-electron chi connectivity index (χ1n) is 10.3. The molecule has 3 aromatic rings. The number of amides is 2. The van der Waals surface area contributed by atoms with Gasteiger partial charge in [-0.05, 0) is 42.5 Å². The van der Waals surface area contributed by atoms with E-state index in [0.29, 0.717) is 16.1 Å². The summed E-state index contributed by atoms with van der Waals surface area (Å²) in [4.78, 5) is 48.9. The van der Waals surface area contributed by atoms with E-state index in [1.54, 1.807) is 60.7 Å². The number of ether oxygens (including phenoxy) is 1. The molecule has 35 heavy (non-hydrogen) atoms. The molecule has 3 aromatic carbocycles. The van der Waals surface area contributed by atoms with Crippen LogP contribution in [0.3, 0.4) is 0 Å². The van der Waals surface area contributed by atoms with E-state index in [0.717, 1.165) is 0 Å². The van der Waals surface area contributed by atoms with E-state index in [4.69, 9.17) is 0 Å². The number of esters is 1. The van der Waals surface area contributed by atoms with Crippen LogP contribution in [-0.4, -0.2) is 35.6 Å². The zero-order valence-electron chi connectivity index (χ0n) is 18.6. The average Bonchev–Trinajstić information content (AvgIpc) is 2.87. The van der Waals surface area contributed by atoms with Crippen LogP contribution >= 0.6 is 11.8 Å². The number of carbonyl (C=O) groups excluding carboxylic acids is 3. The number of carbonyl (C=O) groups is 3. The minimum atomic E-state index is -0.678. The number of methoxy groups -OCH3 is 1. The molecular formula is C25H21N3O6S. The van der Waals surface area contributed by atoms with Gasteiger partial charge in [-0.2, -0.15) is 0 Å². The number of thioether (sulfide) groups is 1. The maximum absolute atomic E-state index is 13.1. The molecule has 0 aliphatic heterocycles. The summed E-state index contributed by atoms with van der Waals surface area (Å²) in [6.45, 7) is 0. The van der Waals surface area contributed by atoms with Crippen molar-refractivity contribution in [1.82, 2.24) is 5.32 Å². The minimum absolute atomic E-state index is 0.101. The number of nitrogens with one attached hydrogen (secondary N) is 2. The van der Waals surface area contributed by atoms with Crippen LogP contribution < -0.4 is 10.6 Å². The molecule has 0 unspecified atom stereocenters. The second-order valence-electron chi connectivity index (χ2n) is 7.04. The minimum Gasteiger partial charge on any atom is -0.468 e. The predicted octanol–water partition coefficient (Wildman–Crippen LogP) is 4.27. The summed E-state index contributed by atoms with van der Waals surface area (Å²) in [6.07, 6.45) is 1.25. The largest absolute Gasteiger partial charge is 0.468 e. The summed E-state index contributed by atoms with van der Waals surface area (Å²) >= 11 is 1.23. The molecule has 0 radical (unpaired) electrons. The standard InChI is InChI=1S/C25H21N3O6S/c1-34-23(29)16-35-20-12-7-11-19(15-20)26-25(31)21(27-24(30)17-8-3-2-4-9-17)14-18-10-5-6-13-22(18)28(32)33/h2-15H,16H2,1H3,(H,26,31)(H,27,30)/b21-14+. The van der Waals surface area contributed by atoms with Crippen molar-refractivity contribution in [3.63, 3.8) is 0 Å². The maximum Gasteiger partial charge on any atom is 0.315 e. The quantitative estimate of drug-likeness (QED) is 0.150. The van der Waals surface area contributed by atoms with Gasteiger partial charge in [0.25, 0.3) is 17.5 Å². The number of para-hydroxylation sites is 1. The van der Waals surface area contributed by atoms with Crippen molar-refractivity contribution in [1.29, 1.82) is 0 Å². The van der Waals surface area contributed by atoms with Crippen molar-refractivity contribution < 1.29 is 24.0 Å². The Bertz CT molecular complexity index is 1280. The molecule has 10 heteroatoms. The van der Waals surface area contributed by atoms with Crippen molar-refractivity contribution in [3.8, 4) is 0 Å². The Balaban J connectivity index is 1.89. The smallest absolute Gasteiger partial charge is 0.315 e. The molecule has 9 nitrogen and oxygen atoms in total. The van der Waals surface area contributed by atoms with Crippen molar-refractivity contribution in [2.75, 3.05) is 18.2 Å². The fourth-order valence-corrected chi connectivity index (χ4v) is 3.72. The van der Waals surface area contributed by atoms with Gasteiger partial charge >= 0.3 is 5.97 Å². The second-order valence-corrected chi connectivity index (χ2v) is 8.09. The van der Waals surface area contributed by atoms with Gasteiger partial charge in [0.1, 0.15) is 5.70 Å². The first-order valence-corrected chi connectivity index (χ1v) is 11.3. The lowest BCUT2D eigenvalue weighted by molar-refractivity contribution is -0.385. The lowest BCUT2D eigenvalue weighted by Crippen LogP contribution is -2.30. The van der Waals surface area contributed by atoms with Gasteiger partial charge in [0, 0.05) is 22.2 Å². The SMILES string of the molecule is COC(=O)CSc1cccc(NC(=O)/C(=C\c2ccccc2[N+](=O)[O-])NC(=O)c2ccccc2)c1. The Hall–Kier alpha value is -4.44. The molecule has 0 fully saturated rings. The third-order valence-electron chi connectivity index (χ3n) is 4.64. The summed E-state index contributed by atoms with van der Waals surface area (Å²) in [5.74, 6) is -1.51. The van der Waals surface area contributed by atoms with Crippen LogP contribution in [0.25, 0.3) is 6.08 Å². The van der Waals surface area contributed by atoms with Crippen molar-refractivity contribution in [3.05, 3.63) is 106 Å². The van der Waals surface area contributed by atoms with Gasteiger partial charge in [0.15, 0.2) is 0 Å². The van der Waals surface area contributed by atoms with Crippen LogP contribution in [0.5, 0.6) is 0 Å². The van der Waals surface area contributed by atoms with Gasteiger partial charge in [-0.3, -0.25) is 24.5 Å². The lowest BCUT2D eigenvalue weighted by Gasteiger charge is -2.12. The number of nitrogens with zero attached hydrogens (tertiary/aromatic N) is 1. The molecule has 0 aromatic heterocycles. The van der Waals surface area contributed by atoms with E-state index in [9.17, 15) is 24.5 Å². The fraction of sp³-hybridized carbons (Fsp3) is 0.0800. The van der Waals surface area contributed by atoms with Gasteiger partial charge in [-0.15, -0.1) is 11.8 Å². The van der Waals surface area contributed by atoms with E-state index in [2.05, 4.69) is 15.4 Å². The zero-order chi connectivity index (χ0) is 25.2. The molecule has 2 amide bonds. The third kappa shape index (κ3) is 7.27. The molecule has 0 heterocycles. The Kier molecular flexibility index (Phi) is 8.74. The highest BCUT2D eigenvalue weighted by Gasteiger charge is 2.18. The predicted molar refractivity (Wildman–Crippen MR) is 133 cm³/mol. The van der Waals surface area contributed by atoms with Gasteiger partial charge in [0.05, 0.1) is 23.3 Å². The van der Waals surface area contributed by atoms with Crippen LogP contribution in [0.4, 0.5) is 11.4 Å². The monoisotopic (exact) mass is 491 g/mol. The Morgan fingerprint density at radius 3 is 2.43 bits per heavy atom. The molecule has 0 saturated heterocycles. The van der Waals surface area contributed by atoms with E-state index in [1.807, 2.05) is 0 Å². The lowest BCUT2D eigenvalue weighted by atomic mass is 10.1. The zero-order valence-corrected chi connectivity index (χ0v) is 19.4. The molecule has 0 aliphatic carbocycles. The molecule has 0 aliphatic rings. The number of hydrogen-bond donors (Lipinski definition) is 2. The van der Waals surface area contributed by atoms with Crippen LogP contribution in [0.2, 0.25) is 0 Å². The summed E-state index contributed by atoms with van der Waals surface area (Å²) in [5.41, 5.74) is 0.481. The van der Waals surface area contributed by atoms with Crippen molar-refractivity contribution in [2.45, 2.75) is 4.90 Å². The third-order valence-corrected chi connectivity index (χ3v) is 5.61. The molecular weight excluding hydrogens is 470 g/mol. The van der Waals surface area contributed by atoms with E-state index in [-0.39, 0.29) is 28.7 Å². The number of rotatable bonds is 9. The van der Waals surface area contributed by atoms with Crippen LogP contribution in [0.1, 0.15) is 15.9 Å². The molecule has 0 spiro atoms. The van der Waals surface area contributed by atoms with Gasteiger partial charge < -0.3 is 15.4 Å². The topological polar surface area (TPSA) is 128 Å². The number of nitro groups is 1. The molecule has 0 atom stereocenters. The normalized spacial score (nSPS) is 10.8. The Labute approximate surface area is 205 Å².